The lowest BCUT2D eigenvalue weighted by Crippen LogP contribution is -2.16. The highest BCUT2D eigenvalue weighted by atomic mass is 35.5. The molecule has 0 atom stereocenters. The number of carbonyl (C=O) groups excluding carboxylic acids is 1. The number of fused-ring (bicyclic) bond motifs is 1. The molecule has 4 aromatic rings. The van der Waals surface area contributed by atoms with E-state index in [2.05, 4.69) is 11.4 Å². The summed E-state index contributed by atoms with van der Waals surface area (Å²) in [6.07, 6.45) is 5.30. The molecule has 200 valence electrons. The predicted molar refractivity (Wildman–Crippen MR) is 156 cm³/mol. The molecule has 1 heterocycles. The molecule has 0 unspecified atom stereocenters. The van der Waals surface area contributed by atoms with Crippen LogP contribution in [0.5, 0.6) is 0 Å². The molecule has 0 saturated carbocycles. The minimum atomic E-state index is -3.85. The van der Waals surface area contributed by atoms with Gasteiger partial charge in [-0.05, 0) is 97.5 Å². The highest BCUT2D eigenvalue weighted by Gasteiger charge is 2.28. The number of benzene rings is 3. The number of nitrogens with zero attached hydrogens (tertiary/aromatic N) is 2. The number of carbonyl (C=O) groups is 1. The van der Waals surface area contributed by atoms with Crippen LogP contribution < -0.4 is 10.5 Å². The number of hydrogen-bond donors (Lipinski definition) is 2. The van der Waals surface area contributed by atoms with Crippen LogP contribution in [0.25, 0.3) is 17.3 Å². The summed E-state index contributed by atoms with van der Waals surface area (Å²) in [5.41, 5.74) is 4.86. The second-order valence-corrected chi connectivity index (χ2v) is 12.0. The smallest absolute Gasteiger partial charge is 0.276 e. The molecule has 0 aliphatic heterocycles. The number of nitrogens with two attached hydrogens (primary N) is 1. The van der Waals surface area contributed by atoms with E-state index >= 15 is 0 Å². The van der Waals surface area contributed by atoms with Crippen LogP contribution in [0.4, 0.5) is 5.69 Å². The predicted octanol–water partition coefficient (Wildman–Crippen LogP) is 7.00. The molecule has 1 aliphatic rings. The summed E-state index contributed by atoms with van der Waals surface area (Å²) in [6.45, 7) is 0. The van der Waals surface area contributed by atoms with E-state index in [1.54, 1.807) is 22.9 Å². The molecule has 11 heteroatoms. The maximum absolute atomic E-state index is 13.5. The number of halogens is 3. The number of hydrogen-bond acceptors (Lipinski definition) is 4. The first kappa shape index (κ1) is 27.4. The van der Waals surface area contributed by atoms with Crippen molar-refractivity contribution in [2.24, 2.45) is 5.14 Å². The van der Waals surface area contributed by atoms with Crippen molar-refractivity contribution < 1.29 is 13.2 Å². The van der Waals surface area contributed by atoms with Crippen molar-refractivity contribution >= 4 is 68.1 Å². The number of allylic oxidation sites excluding steroid dienone is 1. The van der Waals surface area contributed by atoms with Gasteiger partial charge in [-0.25, -0.2) is 18.2 Å². The van der Waals surface area contributed by atoms with Crippen LogP contribution in [-0.4, -0.2) is 24.1 Å². The Morgan fingerprint density at radius 2 is 1.59 bits per heavy atom. The average molecular weight is 602 g/mol. The van der Waals surface area contributed by atoms with Gasteiger partial charge in [0.15, 0.2) is 5.69 Å². The molecular weight excluding hydrogens is 579 g/mol. The SMILES string of the molecule is NS(=O)(=O)c1ccc(NC(=O)c2nn(-c3ccc(Cl)cc3Cl)c3c2CCCC/C3=C\c2ccc(Cl)cc2)cc1. The first-order chi connectivity index (χ1) is 18.6. The van der Waals surface area contributed by atoms with Gasteiger partial charge < -0.3 is 5.32 Å². The third kappa shape index (κ3) is 6.05. The third-order valence-electron chi connectivity index (χ3n) is 6.42. The second-order valence-electron chi connectivity index (χ2n) is 9.14. The summed E-state index contributed by atoms with van der Waals surface area (Å²) in [7, 11) is -3.85. The third-order valence-corrected chi connectivity index (χ3v) is 8.13. The molecular formula is C28H23Cl3N4O3S. The maximum Gasteiger partial charge on any atom is 0.276 e. The molecule has 7 nitrogen and oxygen atoms in total. The minimum absolute atomic E-state index is 0.0481. The van der Waals surface area contributed by atoms with Crippen molar-refractivity contribution in [3.05, 3.63) is 104 Å². The molecule has 1 aromatic heterocycles. The van der Waals surface area contributed by atoms with Gasteiger partial charge in [0.1, 0.15) is 0 Å². The fraction of sp³-hybridized carbons (Fsp3) is 0.143. The van der Waals surface area contributed by atoms with Crippen molar-refractivity contribution in [3.63, 3.8) is 0 Å². The number of anilines is 1. The van der Waals surface area contributed by atoms with Gasteiger partial charge >= 0.3 is 0 Å². The standard InChI is InChI=1S/C28H23Cl3N4O3S/c29-19-7-5-17(6-8-19)15-18-3-1-2-4-23-26(28(36)33-21-10-12-22(13-11-21)39(32,37)38)34-35(27(18)23)25-14-9-20(30)16-24(25)31/h5-16H,1-4H2,(H,33,36)(H2,32,37,38)/b18-15+. The molecule has 5 rings (SSSR count). The molecule has 0 radical (unpaired) electrons. The lowest BCUT2D eigenvalue weighted by molar-refractivity contribution is 0.102. The van der Waals surface area contributed by atoms with Gasteiger partial charge in [-0.15, -0.1) is 0 Å². The van der Waals surface area contributed by atoms with Crippen molar-refractivity contribution in [2.45, 2.75) is 30.6 Å². The Hall–Kier alpha value is -3.14. The summed E-state index contributed by atoms with van der Waals surface area (Å²) in [6, 6.07) is 18.3. The van der Waals surface area contributed by atoms with E-state index in [1.165, 1.54) is 24.3 Å². The highest BCUT2D eigenvalue weighted by Crippen LogP contribution is 2.37. The summed E-state index contributed by atoms with van der Waals surface area (Å²) >= 11 is 18.9. The average Bonchev–Trinajstić information content (AvgIpc) is 3.14. The topological polar surface area (TPSA) is 107 Å². The summed E-state index contributed by atoms with van der Waals surface area (Å²) in [4.78, 5) is 13.5. The zero-order chi connectivity index (χ0) is 27.7. The molecule has 0 spiro atoms. The van der Waals surface area contributed by atoms with Gasteiger partial charge in [0, 0.05) is 21.3 Å². The Morgan fingerprint density at radius 3 is 2.26 bits per heavy atom. The molecule has 0 fully saturated rings. The van der Waals surface area contributed by atoms with E-state index in [-0.39, 0.29) is 10.6 Å². The van der Waals surface area contributed by atoms with Crippen LogP contribution in [0.1, 0.15) is 46.6 Å². The Balaban J connectivity index is 1.63. The van der Waals surface area contributed by atoms with Gasteiger partial charge in [0.05, 0.1) is 21.3 Å². The number of rotatable bonds is 5. The normalized spacial score (nSPS) is 14.6. The monoisotopic (exact) mass is 600 g/mol. The zero-order valence-corrected chi connectivity index (χ0v) is 23.6. The van der Waals surface area contributed by atoms with E-state index in [4.69, 9.17) is 45.0 Å². The molecule has 3 N–H and O–H groups in total. The fourth-order valence-electron chi connectivity index (χ4n) is 4.58. The number of sulfonamides is 1. The van der Waals surface area contributed by atoms with Crippen molar-refractivity contribution in [1.82, 2.24) is 9.78 Å². The van der Waals surface area contributed by atoms with Crippen molar-refractivity contribution in [3.8, 4) is 5.69 Å². The Labute approximate surface area is 241 Å². The summed E-state index contributed by atoms with van der Waals surface area (Å²) in [5.74, 6) is -0.425. The lowest BCUT2D eigenvalue weighted by Gasteiger charge is -2.13. The first-order valence-corrected chi connectivity index (χ1v) is 14.8. The fourth-order valence-corrected chi connectivity index (χ4v) is 5.71. The van der Waals surface area contributed by atoms with E-state index in [1.807, 2.05) is 24.3 Å². The van der Waals surface area contributed by atoms with Crippen LogP contribution in [0.3, 0.4) is 0 Å². The molecule has 1 aliphatic carbocycles. The van der Waals surface area contributed by atoms with E-state index in [0.717, 1.165) is 41.7 Å². The van der Waals surface area contributed by atoms with Crippen LogP contribution in [0.2, 0.25) is 15.1 Å². The maximum atomic E-state index is 13.5. The quantitative estimate of drug-likeness (QED) is 0.240. The Morgan fingerprint density at radius 1 is 0.923 bits per heavy atom. The van der Waals surface area contributed by atoms with Crippen molar-refractivity contribution in [2.75, 3.05) is 5.32 Å². The minimum Gasteiger partial charge on any atom is -0.321 e. The van der Waals surface area contributed by atoms with Crippen LogP contribution in [-0.2, 0) is 16.4 Å². The molecule has 39 heavy (non-hydrogen) atoms. The number of nitrogens with one attached hydrogen (secondary N) is 1. The largest absolute Gasteiger partial charge is 0.321 e. The van der Waals surface area contributed by atoms with Crippen LogP contribution >= 0.6 is 34.8 Å². The number of primary sulfonamides is 1. The summed E-state index contributed by atoms with van der Waals surface area (Å²) < 4.78 is 24.9. The highest BCUT2D eigenvalue weighted by molar-refractivity contribution is 7.89. The number of aromatic nitrogens is 2. The second kappa shape index (κ2) is 11.2. The van der Waals surface area contributed by atoms with Gasteiger partial charge in [0.2, 0.25) is 10.0 Å². The molecule has 0 saturated heterocycles. The molecule has 1 amide bonds. The van der Waals surface area contributed by atoms with E-state index in [0.29, 0.717) is 32.9 Å². The number of amides is 1. The Kier molecular flexibility index (Phi) is 7.84. The molecule has 0 bridgehead atoms. The summed E-state index contributed by atoms with van der Waals surface area (Å²) in [5, 5.41) is 14.3. The van der Waals surface area contributed by atoms with Gasteiger partial charge in [0.25, 0.3) is 5.91 Å². The van der Waals surface area contributed by atoms with Gasteiger partial charge in [-0.2, -0.15) is 5.10 Å². The van der Waals surface area contributed by atoms with Crippen molar-refractivity contribution in [1.29, 1.82) is 0 Å². The van der Waals surface area contributed by atoms with E-state index < -0.39 is 15.9 Å². The molecule has 3 aromatic carbocycles. The lowest BCUT2D eigenvalue weighted by atomic mass is 10.0. The zero-order valence-electron chi connectivity index (χ0n) is 20.5. The Bertz CT molecular complexity index is 1700. The van der Waals surface area contributed by atoms with Crippen LogP contribution in [0, 0.1) is 0 Å². The van der Waals surface area contributed by atoms with Crippen LogP contribution in [0.15, 0.2) is 71.6 Å². The van der Waals surface area contributed by atoms with Gasteiger partial charge in [-0.1, -0.05) is 46.9 Å². The van der Waals surface area contributed by atoms with E-state index in [9.17, 15) is 13.2 Å². The first-order valence-electron chi connectivity index (χ1n) is 12.1. The van der Waals surface area contributed by atoms with Gasteiger partial charge in [-0.3, -0.25) is 4.79 Å².